The molecule has 2 fully saturated rings. The maximum atomic E-state index is 11.2. The Morgan fingerprint density at radius 3 is 1.49 bits per heavy atom. The van der Waals surface area contributed by atoms with E-state index in [4.69, 9.17) is 33.0 Å². The van der Waals surface area contributed by atoms with Gasteiger partial charge in [0, 0.05) is 60.4 Å². The van der Waals surface area contributed by atoms with Crippen molar-refractivity contribution in [3.63, 3.8) is 0 Å². The topological polar surface area (TPSA) is 70.1 Å². The molecule has 1 N–H and O–H groups in total. The molecule has 4 rings (SSSR count). The zero-order valence-corrected chi connectivity index (χ0v) is 21.7. The number of benzene rings is 2. The zero-order chi connectivity index (χ0) is 25.2. The van der Waals surface area contributed by atoms with Crippen molar-refractivity contribution in [1.82, 2.24) is 0 Å². The summed E-state index contributed by atoms with van der Waals surface area (Å²) in [5.41, 5.74) is 2.37. The van der Waals surface area contributed by atoms with E-state index in [1.807, 2.05) is 48.5 Å². The smallest absolute Gasteiger partial charge is 0.305 e. The fourth-order valence-electron chi connectivity index (χ4n) is 4.66. The number of methoxy groups -OCH3 is 1. The molecule has 2 saturated heterocycles. The maximum absolute atomic E-state index is 11.2. The summed E-state index contributed by atoms with van der Waals surface area (Å²) in [5.74, 6) is 0.00642. The molecular formula is C27H34Cl2N2O4. The van der Waals surface area contributed by atoms with Crippen LogP contribution in [-0.4, -0.2) is 50.3 Å². The largest absolute Gasteiger partial charge is 0.481 e. The van der Waals surface area contributed by atoms with Crippen LogP contribution in [0.1, 0.15) is 38.5 Å². The van der Waals surface area contributed by atoms with Crippen molar-refractivity contribution in [1.29, 1.82) is 0 Å². The first kappa shape index (κ1) is 27.2. The van der Waals surface area contributed by atoms with E-state index in [2.05, 4.69) is 9.80 Å². The maximum Gasteiger partial charge on any atom is 0.305 e. The van der Waals surface area contributed by atoms with Crippen molar-refractivity contribution in [3.05, 3.63) is 58.6 Å². The molecule has 0 spiro atoms. The number of halogens is 2. The Balaban J connectivity index is 0.000000196. The van der Waals surface area contributed by atoms with Gasteiger partial charge in [0.05, 0.1) is 7.11 Å². The van der Waals surface area contributed by atoms with Gasteiger partial charge in [-0.25, -0.2) is 0 Å². The zero-order valence-electron chi connectivity index (χ0n) is 20.2. The second-order valence-corrected chi connectivity index (χ2v) is 10.1. The fraction of sp³-hybridized carbons (Fsp3) is 0.481. The quantitative estimate of drug-likeness (QED) is 0.460. The number of carboxylic acids is 1. The third-order valence-electron chi connectivity index (χ3n) is 6.76. The molecule has 2 aliphatic heterocycles. The lowest BCUT2D eigenvalue weighted by atomic mass is 9.93. The van der Waals surface area contributed by atoms with Crippen LogP contribution in [0.3, 0.4) is 0 Å². The van der Waals surface area contributed by atoms with E-state index in [-0.39, 0.29) is 5.97 Å². The second kappa shape index (κ2) is 13.6. The average molecular weight is 521 g/mol. The fourth-order valence-corrected chi connectivity index (χ4v) is 4.91. The highest BCUT2D eigenvalue weighted by Crippen LogP contribution is 2.27. The molecule has 0 bridgehead atoms. The van der Waals surface area contributed by atoms with E-state index in [9.17, 15) is 9.59 Å². The molecule has 2 aliphatic rings. The lowest BCUT2D eigenvalue weighted by molar-refractivity contribution is -0.142. The van der Waals surface area contributed by atoms with Gasteiger partial charge in [0.1, 0.15) is 0 Å². The van der Waals surface area contributed by atoms with Gasteiger partial charge < -0.3 is 19.6 Å². The van der Waals surface area contributed by atoms with E-state index in [1.54, 1.807) is 0 Å². The van der Waals surface area contributed by atoms with Gasteiger partial charge in [-0.3, -0.25) is 9.59 Å². The van der Waals surface area contributed by atoms with E-state index in [0.29, 0.717) is 24.7 Å². The molecule has 35 heavy (non-hydrogen) atoms. The van der Waals surface area contributed by atoms with Crippen molar-refractivity contribution in [2.24, 2.45) is 11.8 Å². The lowest BCUT2D eigenvalue weighted by Gasteiger charge is -2.33. The highest BCUT2D eigenvalue weighted by Gasteiger charge is 2.22. The van der Waals surface area contributed by atoms with Gasteiger partial charge in [-0.1, -0.05) is 23.2 Å². The molecule has 0 saturated carbocycles. The Morgan fingerprint density at radius 1 is 0.771 bits per heavy atom. The minimum atomic E-state index is -0.685. The molecule has 2 heterocycles. The van der Waals surface area contributed by atoms with Crippen molar-refractivity contribution in [2.45, 2.75) is 38.5 Å². The highest BCUT2D eigenvalue weighted by molar-refractivity contribution is 6.30. The average Bonchev–Trinajstić information content (AvgIpc) is 2.86. The van der Waals surface area contributed by atoms with E-state index >= 15 is 0 Å². The third-order valence-corrected chi connectivity index (χ3v) is 7.26. The first-order valence-electron chi connectivity index (χ1n) is 12.1. The molecule has 8 heteroatoms. The van der Waals surface area contributed by atoms with Crippen LogP contribution in [0, 0.1) is 11.8 Å². The van der Waals surface area contributed by atoms with Gasteiger partial charge in [-0.05, 0) is 86.1 Å². The molecule has 2 aromatic carbocycles. The standard InChI is InChI=1S/C14H18ClNO2.C13H16ClNO2/c1-18-14(17)10-11-6-8-16(9-7-11)13-4-2-12(15)3-5-13;14-11-1-3-12(4-2-11)15-7-5-10(6-8-15)9-13(16)17/h2-5,11H,6-10H2,1H3;1-4,10H,5-9H2,(H,16,17). The highest BCUT2D eigenvalue weighted by atomic mass is 35.5. The van der Waals surface area contributed by atoms with Crippen molar-refractivity contribution >= 4 is 46.5 Å². The van der Waals surface area contributed by atoms with E-state index < -0.39 is 5.97 Å². The van der Waals surface area contributed by atoms with Gasteiger partial charge in [-0.15, -0.1) is 0 Å². The molecule has 0 aromatic heterocycles. The van der Waals surface area contributed by atoms with Gasteiger partial charge in [-0.2, -0.15) is 0 Å². The normalized spacial score (nSPS) is 16.9. The summed E-state index contributed by atoms with van der Waals surface area (Å²) in [4.78, 5) is 26.5. The Bertz CT molecular complexity index is 937. The molecule has 0 amide bonds. The summed E-state index contributed by atoms with van der Waals surface area (Å²) >= 11 is 11.7. The van der Waals surface area contributed by atoms with Crippen molar-refractivity contribution in [2.75, 3.05) is 43.1 Å². The minimum absolute atomic E-state index is 0.0973. The molecule has 2 aromatic rings. The number of carboxylic acid groups (broad SMARTS) is 1. The van der Waals surface area contributed by atoms with Gasteiger partial charge in [0.2, 0.25) is 0 Å². The van der Waals surface area contributed by atoms with Crippen LogP contribution in [-0.2, 0) is 14.3 Å². The van der Waals surface area contributed by atoms with Gasteiger partial charge >= 0.3 is 11.9 Å². The van der Waals surface area contributed by atoms with Gasteiger partial charge in [0.15, 0.2) is 0 Å². The number of esters is 1. The van der Waals surface area contributed by atoms with Crippen molar-refractivity contribution in [3.8, 4) is 0 Å². The van der Waals surface area contributed by atoms with Crippen LogP contribution in [0.4, 0.5) is 11.4 Å². The van der Waals surface area contributed by atoms with Crippen LogP contribution in [0.15, 0.2) is 48.5 Å². The van der Waals surface area contributed by atoms with E-state index in [1.165, 1.54) is 18.5 Å². The summed E-state index contributed by atoms with van der Waals surface area (Å²) in [7, 11) is 1.45. The van der Waals surface area contributed by atoms with Crippen LogP contribution in [0.2, 0.25) is 10.0 Å². The number of ether oxygens (including phenoxy) is 1. The third kappa shape index (κ3) is 8.93. The minimum Gasteiger partial charge on any atom is -0.481 e. The molecule has 190 valence electrons. The Kier molecular flexibility index (Phi) is 10.5. The molecule has 0 aliphatic carbocycles. The predicted octanol–water partition coefficient (Wildman–Crippen LogP) is 6.15. The number of anilines is 2. The van der Waals surface area contributed by atoms with Crippen LogP contribution in [0.5, 0.6) is 0 Å². The summed E-state index contributed by atoms with van der Waals surface area (Å²) in [6, 6.07) is 15.7. The molecule has 0 radical (unpaired) electrons. The van der Waals surface area contributed by atoms with Gasteiger partial charge in [0.25, 0.3) is 0 Å². The lowest BCUT2D eigenvalue weighted by Crippen LogP contribution is -2.34. The van der Waals surface area contributed by atoms with E-state index in [0.717, 1.165) is 61.9 Å². The summed E-state index contributed by atoms with van der Waals surface area (Å²) in [6.45, 7) is 3.84. The number of piperidine rings is 2. The number of rotatable bonds is 6. The van der Waals surface area contributed by atoms with Crippen molar-refractivity contribution < 1.29 is 19.4 Å². The molecular weight excluding hydrogens is 487 g/mol. The Hall–Kier alpha value is -2.44. The SMILES string of the molecule is COC(=O)CC1CCN(c2ccc(Cl)cc2)CC1.O=C(O)CC1CCN(c2ccc(Cl)cc2)CC1. The van der Waals surface area contributed by atoms with Crippen LogP contribution < -0.4 is 9.80 Å². The molecule has 6 nitrogen and oxygen atoms in total. The summed E-state index contributed by atoms with van der Waals surface area (Å²) < 4.78 is 4.71. The number of carbonyl (C=O) groups is 2. The number of hydrogen-bond donors (Lipinski definition) is 1. The number of nitrogens with zero attached hydrogens (tertiary/aromatic N) is 2. The first-order valence-corrected chi connectivity index (χ1v) is 12.9. The second-order valence-electron chi connectivity index (χ2n) is 9.19. The summed E-state index contributed by atoms with van der Waals surface area (Å²) in [6.07, 6.45) is 4.83. The number of aliphatic carboxylic acids is 1. The van der Waals surface area contributed by atoms with Crippen LogP contribution >= 0.6 is 23.2 Å². The summed E-state index contributed by atoms with van der Waals surface area (Å²) in [5, 5.41) is 10.3. The monoisotopic (exact) mass is 520 g/mol. The number of carbonyl (C=O) groups excluding carboxylic acids is 1. The molecule has 0 unspecified atom stereocenters. The molecule has 0 atom stereocenters. The Labute approximate surface area is 217 Å². The van der Waals surface area contributed by atoms with Crippen LogP contribution in [0.25, 0.3) is 0 Å². The number of hydrogen-bond acceptors (Lipinski definition) is 5. The Morgan fingerprint density at radius 2 is 1.14 bits per heavy atom. The predicted molar refractivity (Wildman–Crippen MR) is 142 cm³/mol. The first-order chi connectivity index (χ1) is 16.8.